The molecule has 29 heavy (non-hydrogen) atoms. The molecule has 1 aromatic heterocycles. The number of ether oxygens (including phenoxy) is 3. The number of nitrogens with one attached hydrogen (secondary N) is 1. The number of methoxy groups -OCH3 is 2. The first kappa shape index (κ1) is 19.5. The van der Waals surface area contributed by atoms with Crippen LogP contribution in [0, 0.1) is 10.1 Å². The molecule has 1 N–H and O–H groups in total. The van der Waals surface area contributed by atoms with Crippen molar-refractivity contribution in [3.63, 3.8) is 0 Å². The van der Waals surface area contributed by atoms with Gasteiger partial charge >= 0.3 is 6.01 Å². The molecule has 10 nitrogen and oxygen atoms in total. The highest BCUT2D eigenvalue weighted by molar-refractivity contribution is 5.84. The number of para-hydroxylation sites is 3. The quantitative estimate of drug-likeness (QED) is 0.349. The number of nitrogens with zero attached hydrogens (tertiary/aromatic N) is 4. The first-order chi connectivity index (χ1) is 14.1. The Morgan fingerprint density at radius 1 is 1.03 bits per heavy atom. The van der Waals surface area contributed by atoms with E-state index in [2.05, 4.69) is 20.5 Å². The molecule has 148 valence electrons. The topological polar surface area (TPSA) is 121 Å². The summed E-state index contributed by atoms with van der Waals surface area (Å²) in [5.41, 5.74) is 3.47. The molecule has 0 bridgehead atoms. The smallest absolute Gasteiger partial charge is 0.328 e. The average molecular weight is 395 g/mol. The normalized spacial score (nSPS) is 10.6. The molecular formula is C19H17N5O5. The van der Waals surface area contributed by atoms with Gasteiger partial charge in [-0.25, -0.2) is 0 Å². The van der Waals surface area contributed by atoms with Gasteiger partial charge in [0.05, 0.1) is 31.4 Å². The third-order valence-corrected chi connectivity index (χ3v) is 3.69. The molecule has 0 amide bonds. The summed E-state index contributed by atoms with van der Waals surface area (Å²) in [5.74, 6) is 1.00. The fourth-order valence-electron chi connectivity index (χ4n) is 2.32. The Labute approximate surface area is 165 Å². The molecule has 0 fully saturated rings. The van der Waals surface area contributed by atoms with Gasteiger partial charge in [0.1, 0.15) is 11.4 Å². The number of nitro benzene ring substituents is 1. The van der Waals surface area contributed by atoms with Crippen molar-refractivity contribution in [3.8, 4) is 23.5 Å². The fraction of sp³-hybridized carbons (Fsp3) is 0.105. The fourth-order valence-corrected chi connectivity index (χ4v) is 2.32. The molecular weight excluding hydrogens is 378 g/mol. The maximum absolute atomic E-state index is 11.1. The van der Waals surface area contributed by atoms with E-state index in [0.29, 0.717) is 11.3 Å². The zero-order valence-corrected chi connectivity index (χ0v) is 15.6. The Bertz CT molecular complexity index is 1020. The van der Waals surface area contributed by atoms with Crippen LogP contribution in [0.2, 0.25) is 0 Å². The summed E-state index contributed by atoms with van der Waals surface area (Å²) in [6.07, 6.45) is 1.48. The minimum absolute atomic E-state index is 0.0358. The van der Waals surface area contributed by atoms with Crippen molar-refractivity contribution in [1.29, 1.82) is 0 Å². The van der Waals surface area contributed by atoms with Crippen LogP contribution in [-0.4, -0.2) is 35.3 Å². The largest absolute Gasteiger partial charge is 0.481 e. The van der Waals surface area contributed by atoms with Crippen molar-refractivity contribution < 1.29 is 19.1 Å². The van der Waals surface area contributed by atoms with Crippen LogP contribution in [0.1, 0.15) is 5.56 Å². The Balaban J connectivity index is 1.81. The highest BCUT2D eigenvalue weighted by Gasteiger charge is 2.12. The van der Waals surface area contributed by atoms with Crippen molar-refractivity contribution in [3.05, 3.63) is 70.3 Å². The number of anilines is 1. The first-order valence-electron chi connectivity index (χ1n) is 8.37. The summed E-state index contributed by atoms with van der Waals surface area (Å²) in [6.45, 7) is 0. The molecule has 0 saturated heterocycles. The van der Waals surface area contributed by atoms with E-state index >= 15 is 0 Å². The van der Waals surface area contributed by atoms with E-state index in [1.807, 2.05) is 0 Å². The molecule has 0 atom stereocenters. The second-order valence-corrected chi connectivity index (χ2v) is 5.52. The third-order valence-electron chi connectivity index (χ3n) is 3.69. The molecule has 3 aromatic rings. The van der Waals surface area contributed by atoms with E-state index in [0.717, 1.165) is 0 Å². The molecule has 0 aliphatic heterocycles. The maximum atomic E-state index is 11.1. The summed E-state index contributed by atoms with van der Waals surface area (Å²) in [7, 11) is 2.95. The third kappa shape index (κ3) is 4.95. The summed E-state index contributed by atoms with van der Waals surface area (Å²) in [5, 5.41) is 15.2. The van der Waals surface area contributed by atoms with E-state index < -0.39 is 4.92 Å². The second kappa shape index (κ2) is 9.13. The molecule has 0 aliphatic carbocycles. The number of hydrogen-bond acceptors (Lipinski definition) is 9. The molecule has 0 unspecified atom stereocenters. The highest BCUT2D eigenvalue weighted by Crippen LogP contribution is 2.26. The first-order valence-corrected chi connectivity index (χ1v) is 8.37. The number of rotatable bonds is 8. The number of hydrogen-bond donors (Lipinski definition) is 1. The molecule has 1 heterocycles. The van der Waals surface area contributed by atoms with Crippen molar-refractivity contribution in [2.45, 2.75) is 0 Å². The van der Waals surface area contributed by atoms with Gasteiger partial charge in [-0.05, 0) is 18.2 Å². The lowest BCUT2D eigenvalue weighted by atomic mass is 10.2. The van der Waals surface area contributed by atoms with Gasteiger partial charge in [-0.1, -0.05) is 24.3 Å². The van der Waals surface area contributed by atoms with E-state index in [-0.39, 0.29) is 29.1 Å². The minimum Gasteiger partial charge on any atom is -0.481 e. The summed E-state index contributed by atoms with van der Waals surface area (Å²) < 4.78 is 16.0. The predicted octanol–water partition coefficient (Wildman–Crippen LogP) is 3.64. The van der Waals surface area contributed by atoms with Gasteiger partial charge in [0.2, 0.25) is 11.8 Å². The molecule has 3 rings (SSSR count). The average Bonchev–Trinajstić information content (AvgIpc) is 2.74. The standard InChI is InChI=1S/C19H17N5O5/c1-27-17-11-18(28-2)22-19(21-17)29-16-10-6-3-7-13(16)12-20-23-14-8-4-5-9-15(14)24(25)26/h3-12,23H,1-2H3/b20-12+. The van der Waals surface area contributed by atoms with Crippen molar-refractivity contribution in [2.75, 3.05) is 19.6 Å². The zero-order valence-electron chi connectivity index (χ0n) is 15.6. The Morgan fingerprint density at radius 2 is 1.69 bits per heavy atom. The highest BCUT2D eigenvalue weighted by atomic mass is 16.6. The van der Waals surface area contributed by atoms with E-state index in [9.17, 15) is 10.1 Å². The van der Waals surface area contributed by atoms with Gasteiger partial charge in [-0.15, -0.1) is 0 Å². The molecule has 0 spiro atoms. The lowest BCUT2D eigenvalue weighted by Gasteiger charge is -2.09. The maximum Gasteiger partial charge on any atom is 0.328 e. The summed E-state index contributed by atoms with van der Waals surface area (Å²) in [4.78, 5) is 18.8. The van der Waals surface area contributed by atoms with Crippen LogP contribution in [0.5, 0.6) is 23.5 Å². The van der Waals surface area contributed by atoms with Crippen LogP contribution in [0.3, 0.4) is 0 Å². The number of hydrazone groups is 1. The van der Waals surface area contributed by atoms with Gasteiger partial charge in [-0.2, -0.15) is 15.1 Å². The van der Waals surface area contributed by atoms with Crippen LogP contribution in [0.25, 0.3) is 0 Å². The van der Waals surface area contributed by atoms with Gasteiger partial charge < -0.3 is 14.2 Å². The van der Waals surface area contributed by atoms with Crippen LogP contribution in [0.15, 0.2) is 59.7 Å². The van der Waals surface area contributed by atoms with E-state index in [1.54, 1.807) is 42.5 Å². The van der Waals surface area contributed by atoms with Gasteiger partial charge in [-0.3, -0.25) is 15.5 Å². The number of benzene rings is 2. The molecule has 0 aliphatic rings. The van der Waals surface area contributed by atoms with Crippen LogP contribution < -0.4 is 19.6 Å². The Hall–Kier alpha value is -4.21. The predicted molar refractivity (Wildman–Crippen MR) is 106 cm³/mol. The second-order valence-electron chi connectivity index (χ2n) is 5.52. The lowest BCUT2D eigenvalue weighted by Crippen LogP contribution is -2.00. The minimum atomic E-state index is -0.484. The zero-order chi connectivity index (χ0) is 20.6. The SMILES string of the molecule is COc1cc(OC)nc(Oc2ccccc2/C=N/Nc2ccccc2[N+](=O)[O-])n1. The van der Waals surface area contributed by atoms with Crippen LogP contribution in [-0.2, 0) is 0 Å². The van der Waals surface area contributed by atoms with Gasteiger partial charge in [0, 0.05) is 11.6 Å². The Morgan fingerprint density at radius 3 is 2.38 bits per heavy atom. The molecule has 0 radical (unpaired) electrons. The lowest BCUT2D eigenvalue weighted by molar-refractivity contribution is -0.384. The number of aromatic nitrogens is 2. The van der Waals surface area contributed by atoms with E-state index in [4.69, 9.17) is 14.2 Å². The monoisotopic (exact) mass is 395 g/mol. The van der Waals surface area contributed by atoms with Crippen LogP contribution >= 0.6 is 0 Å². The Kier molecular flexibility index (Phi) is 6.15. The van der Waals surface area contributed by atoms with Crippen molar-refractivity contribution in [2.24, 2.45) is 5.10 Å². The molecule has 0 saturated carbocycles. The van der Waals surface area contributed by atoms with Gasteiger partial charge in [0.15, 0.2) is 0 Å². The van der Waals surface area contributed by atoms with Gasteiger partial charge in [0.25, 0.3) is 5.69 Å². The van der Waals surface area contributed by atoms with Crippen LogP contribution in [0.4, 0.5) is 11.4 Å². The molecule has 2 aromatic carbocycles. The number of nitro groups is 1. The van der Waals surface area contributed by atoms with Crippen molar-refractivity contribution >= 4 is 17.6 Å². The van der Waals surface area contributed by atoms with Crippen molar-refractivity contribution in [1.82, 2.24) is 9.97 Å². The molecule has 10 heteroatoms. The summed E-state index contributed by atoms with van der Waals surface area (Å²) >= 11 is 0. The van der Waals surface area contributed by atoms with E-state index in [1.165, 1.54) is 32.6 Å². The summed E-state index contributed by atoms with van der Waals surface area (Å²) in [6, 6.07) is 14.8.